The first kappa shape index (κ1) is 15.3. The molecule has 0 bridgehead atoms. The quantitative estimate of drug-likeness (QED) is 0.832. The van der Waals surface area contributed by atoms with E-state index in [-0.39, 0.29) is 19.1 Å². The maximum absolute atomic E-state index is 12.1. The second-order valence-electron chi connectivity index (χ2n) is 5.32. The number of likely N-dealkylation sites (tertiary alicyclic amines) is 1. The third kappa shape index (κ3) is 4.44. The standard InChI is InChI=1S/C13H21N5O3/c1-2-10-4-3-5-17(7-10)13(21)14-6-11-8-18(16-15-11)9-12(19)20/h8,10H,2-7,9H2,1H3,(H,14,21)(H,19,20). The summed E-state index contributed by atoms with van der Waals surface area (Å²) in [5.74, 6) is -0.393. The summed E-state index contributed by atoms with van der Waals surface area (Å²) in [6.07, 6.45) is 4.84. The highest BCUT2D eigenvalue weighted by molar-refractivity contribution is 5.74. The van der Waals surface area contributed by atoms with Gasteiger partial charge in [0.15, 0.2) is 0 Å². The molecule has 0 aliphatic carbocycles. The monoisotopic (exact) mass is 295 g/mol. The maximum Gasteiger partial charge on any atom is 0.325 e. The number of nitrogens with zero attached hydrogens (tertiary/aromatic N) is 4. The zero-order chi connectivity index (χ0) is 15.2. The summed E-state index contributed by atoms with van der Waals surface area (Å²) in [5, 5.41) is 19.0. The summed E-state index contributed by atoms with van der Waals surface area (Å²) in [4.78, 5) is 24.5. The molecule has 1 aromatic rings. The van der Waals surface area contributed by atoms with Crippen LogP contribution in [0.4, 0.5) is 4.79 Å². The van der Waals surface area contributed by atoms with Gasteiger partial charge in [0, 0.05) is 13.1 Å². The lowest BCUT2D eigenvalue weighted by molar-refractivity contribution is -0.137. The molecule has 1 aliphatic heterocycles. The van der Waals surface area contributed by atoms with E-state index in [2.05, 4.69) is 22.6 Å². The van der Waals surface area contributed by atoms with Gasteiger partial charge in [-0.3, -0.25) is 4.79 Å². The molecule has 1 aliphatic rings. The Morgan fingerprint density at radius 2 is 2.33 bits per heavy atom. The molecular formula is C13H21N5O3. The van der Waals surface area contributed by atoms with Crippen LogP contribution in [0.5, 0.6) is 0 Å². The number of carboxylic acids is 1. The Kier molecular flexibility index (Phi) is 5.13. The fraction of sp³-hybridized carbons (Fsp3) is 0.692. The van der Waals surface area contributed by atoms with Crippen LogP contribution in [0.1, 0.15) is 31.9 Å². The molecule has 0 spiro atoms. The molecule has 0 saturated carbocycles. The van der Waals surface area contributed by atoms with Gasteiger partial charge in [-0.1, -0.05) is 18.6 Å². The maximum atomic E-state index is 12.1. The van der Waals surface area contributed by atoms with Crippen molar-refractivity contribution in [3.05, 3.63) is 11.9 Å². The van der Waals surface area contributed by atoms with Crippen LogP contribution in [-0.2, 0) is 17.9 Å². The first-order valence-electron chi connectivity index (χ1n) is 7.22. The predicted molar refractivity (Wildman–Crippen MR) is 74.5 cm³/mol. The van der Waals surface area contributed by atoms with Crippen LogP contribution < -0.4 is 5.32 Å². The van der Waals surface area contributed by atoms with Crippen LogP contribution in [0.3, 0.4) is 0 Å². The minimum absolute atomic E-state index is 0.0964. The van der Waals surface area contributed by atoms with E-state index >= 15 is 0 Å². The number of amides is 2. The van der Waals surface area contributed by atoms with Crippen molar-refractivity contribution >= 4 is 12.0 Å². The molecule has 1 atom stereocenters. The Balaban J connectivity index is 1.80. The Labute approximate surface area is 123 Å². The number of carbonyl (C=O) groups is 2. The number of carboxylic acid groups (broad SMARTS) is 1. The smallest absolute Gasteiger partial charge is 0.325 e. The topological polar surface area (TPSA) is 100 Å². The molecule has 0 radical (unpaired) electrons. The number of aliphatic carboxylic acids is 1. The summed E-state index contributed by atoms with van der Waals surface area (Å²) < 4.78 is 1.23. The lowest BCUT2D eigenvalue weighted by atomic mass is 9.96. The van der Waals surface area contributed by atoms with E-state index in [4.69, 9.17) is 5.11 Å². The molecule has 2 rings (SSSR count). The third-order valence-electron chi connectivity index (χ3n) is 3.69. The first-order valence-corrected chi connectivity index (χ1v) is 7.22. The van der Waals surface area contributed by atoms with Crippen molar-refractivity contribution in [2.45, 2.75) is 39.3 Å². The van der Waals surface area contributed by atoms with Crippen molar-refractivity contribution < 1.29 is 14.7 Å². The summed E-state index contributed by atoms with van der Waals surface area (Å²) in [7, 11) is 0. The van der Waals surface area contributed by atoms with Crippen molar-refractivity contribution in [1.82, 2.24) is 25.2 Å². The van der Waals surface area contributed by atoms with Crippen LogP contribution in [-0.4, -0.2) is 50.1 Å². The zero-order valence-corrected chi connectivity index (χ0v) is 12.2. The van der Waals surface area contributed by atoms with E-state index in [0.717, 1.165) is 25.9 Å². The van der Waals surface area contributed by atoms with Crippen molar-refractivity contribution in [3.8, 4) is 0 Å². The fourth-order valence-electron chi connectivity index (χ4n) is 2.50. The number of piperidine rings is 1. The molecule has 116 valence electrons. The van der Waals surface area contributed by atoms with Gasteiger partial charge in [-0.15, -0.1) is 5.10 Å². The average Bonchev–Trinajstić information content (AvgIpc) is 2.91. The van der Waals surface area contributed by atoms with Crippen molar-refractivity contribution in [1.29, 1.82) is 0 Å². The van der Waals surface area contributed by atoms with E-state index in [1.54, 1.807) is 0 Å². The van der Waals surface area contributed by atoms with Gasteiger partial charge < -0.3 is 15.3 Å². The van der Waals surface area contributed by atoms with E-state index in [1.165, 1.54) is 17.3 Å². The first-order chi connectivity index (χ1) is 10.1. The van der Waals surface area contributed by atoms with Crippen LogP contribution in [0.2, 0.25) is 0 Å². The lowest BCUT2D eigenvalue weighted by Crippen LogP contribution is -2.45. The number of aromatic nitrogens is 3. The Hall–Kier alpha value is -2.12. The predicted octanol–water partition coefficient (Wildman–Crippen LogP) is 0.694. The second kappa shape index (κ2) is 7.05. The largest absolute Gasteiger partial charge is 0.480 e. The Bertz CT molecular complexity index is 502. The highest BCUT2D eigenvalue weighted by Gasteiger charge is 2.22. The van der Waals surface area contributed by atoms with E-state index in [9.17, 15) is 9.59 Å². The van der Waals surface area contributed by atoms with Crippen LogP contribution >= 0.6 is 0 Å². The molecule has 2 heterocycles. The van der Waals surface area contributed by atoms with Crippen molar-refractivity contribution in [2.75, 3.05) is 13.1 Å². The summed E-state index contributed by atoms with van der Waals surface area (Å²) >= 11 is 0. The average molecular weight is 295 g/mol. The number of carbonyl (C=O) groups excluding carboxylic acids is 1. The number of rotatable bonds is 5. The Morgan fingerprint density at radius 3 is 3.05 bits per heavy atom. The molecule has 8 nitrogen and oxygen atoms in total. The molecule has 1 aromatic heterocycles. The van der Waals surface area contributed by atoms with Crippen LogP contribution in [0.15, 0.2) is 6.20 Å². The Morgan fingerprint density at radius 1 is 1.52 bits per heavy atom. The van der Waals surface area contributed by atoms with Gasteiger partial charge in [0.1, 0.15) is 12.2 Å². The third-order valence-corrected chi connectivity index (χ3v) is 3.69. The molecule has 8 heteroatoms. The highest BCUT2D eigenvalue weighted by Crippen LogP contribution is 2.18. The molecule has 1 saturated heterocycles. The molecule has 0 aromatic carbocycles. The van der Waals surface area contributed by atoms with E-state index in [0.29, 0.717) is 11.6 Å². The number of hydrogen-bond donors (Lipinski definition) is 2. The van der Waals surface area contributed by atoms with Gasteiger partial charge in [0.05, 0.1) is 12.7 Å². The second-order valence-corrected chi connectivity index (χ2v) is 5.32. The molecule has 1 fully saturated rings. The minimum Gasteiger partial charge on any atom is -0.480 e. The fourth-order valence-corrected chi connectivity index (χ4v) is 2.50. The van der Waals surface area contributed by atoms with Gasteiger partial charge in [0.25, 0.3) is 0 Å². The zero-order valence-electron chi connectivity index (χ0n) is 12.2. The number of nitrogens with one attached hydrogen (secondary N) is 1. The SMILES string of the molecule is CCC1CCCN(C(=O)NCc2cn(CC(=O)O)nn2)C1. The molecule has 2 N–H and O–H groups in total. The number of hydrogen-bond acceptors (Lipinski definition) is 4. The summed E-state index contributed by atoms with van der Waals surface area (Å²) in [5.41, 5.74) is 0.550. The van der Waals surface area contributed by atoms with Crippen LogP contribution in [0.25, 0.3) is 0 Å². The van der Waals surface area contributed by atoms with Gasteiger partial charge in [0.2, 0.25) is 0 Å². The summed E-state index contributed by atoms with van der Waals surface area (Å²) in [6.45, 7) is 3.76. The van der Waals surface area contributed by atoms with Crippen molar-refractivity contribution in [2.24, 2.45) is 5.92 Å². The van der Waals surface area contributed by atoms with Gasteiger partial charge in [-0.2, -0.15) is 0 Å². The van der Waals surface area contributed by atoms with Crippen LogP contribution in [0, 0.1) is 5.92 Å². The van der Waals surface area contributed by atoms with Gasteiger partial charge in [-0.05, 0) is 18.8 Å². The van der Waals surface area contributed by atoms with E-state index < -0.39 is 5.97 Å². The van der Waals surface area contributed by atoms with E-state index in [1.807, 2.05) is 4.90 Å². The molecular weight excluding hydrogens is 274 g/mol. The summed E-state index contributed by atoms with van der Waals surface area (Å²) in [6, 6.07) is -0.0964. The minimum atomic E-state index is -0.977. The van der Waals surface area contributed by atoms with Gasteiger partial charge in [-0.25, -0.2) is 9.48 Å². The van der Waals surface area contributed by atoms with Crippen molar-refractivity contribution in [3.63, 3.8) is 0 Å². The van der Waals surface area contributed by atoms with Gasteiger partial charge >= 0.3 is 12.0 Å². The molecule has 1 unspecified atom stereocenters. The molecule has 2 amide bonds. The number of urea groups is 1. The molecule has 21 heavy (non-hydrogen) atoms. The lowest BCUT2D eigenvalue weighted by Gasteiger charge is -2.32. The highest BCUT2D eigenvalue weighted by atomic mass is 16.4. The normalized spacial score (nSPS) is 18.5.